The number of benzene rings is 1. The molecule has 3 rings (SSSR count). The number of ether oxygens (including phenoxy) is 1. The van der Waals surface area contributed by atoms with Gasteiger partial charge < -0.3 is 14.3 Å². The summed E-state index contributed by atoms with van der Waals surface area (Å²) in [6.07, 6.45) is 0.634. The van der Waals surface area contributed by atoms with Gasteiger partial charge in [0.25, 0.3) is 0 Å². The molecule has 0 radical (unpaired) electrons. The zero-order valence-corrected chi connectivity index (χ0v) is 13.1. The fraction of sp³-hybridized carbons (Fsp3) is 0.462. The number of hydrogen-bond acceptors (Lipinski definition) is 4. The second kappa shape index (κ2) is 5.10. The average Bonchev–Trinajstić information content (AvgIpc) is 2.89. The van der Waals surface area contributed by atoms with Crippen LogP contribution in [0.5, 0.6) is 5.75 Å². The topological polar surface area (TPSA) is 64.1 Å². The number of aromatic amines is 1. The molecule has 114 valence electrons. The van der Waals surface area contributed by atoms with Gasteiger partial charge >= 0.3 is 0 Å². The average molecular weight is 330 g/mol. The number of hydrogen-bond donors (Lipinski definition) is 1. The van der Waals surface area contributed by atoms with Gasteiger partial charge in [-0.1, -0.05) is 0 Å². The van der Waals surface area contributed by atoms with Crippen molar-refractivity contribution in [1.29, 1.82) is 0 Å². The predicted octanol–water partition coefficient (Wildman–Crippen LogP) is 2.28. The summed E-state index contributed by atoms with van der Waals surface area (Å²) in [5.74, 6) is 0.128. The van der Waals surface area contributed by atoms with Gasteiger partial charge in [0.2, 0.25) is 0 Å². The lowest BCUT2D eigenvalue weighted by Crippen LogP contribution is -2.12. The SMILES string of the molecule is COc1cc2c(cc1F)[nH]c(=S)n2CC1CCS(=O)(=O)C1. The van der Waals surface area contributed by atoms with E-state index in [4.69, 9.17) is 17.0 Å². The number of fused-ring (bicyclic) bond motifs is 1. The van der Waals surface area contributed by atoms with Gasteiger partial charge in [-0.25, -0.2) is 12.8 Å². The minimum atomic E-state index is -2.93. The van der Waals surface area contributed by atoms with E-state index in [0.717, 1.165) is 5.52 Å². The highest BCUT2D eigenvalue weighted by Crippen LogP contribution is 2.27. The number of sulfone groups is 1. The summed E-state index contributed by atoms with van der Waals surface area (Å²) >= 11 is 5.26. The van der Waals surface area contributed by atoms with Crippen molar-refractivity contribution in [2.24, 2.45) is 5.92 Å². The first kappa shape index (κ1) is 14.5. The molecule has 8 heteroatoms. The van der Waals surface area contributed by atoms with Crippen molar-refractivity contribution in [3.8, 4) is 5.75 Å². The lowest BCUT2D eigenvalue weighted by molar-refractivity contribution is 0.387. The molecule has 1 fully saturated rings. The first-order chi connectivity index (χ1) is 9.89. The third-order valence-corrected chi connectivity index (χ3v) is 5.97. The third-order valence-electron chi connectivity index (χ3n) is 3.82. The molecule has 0 spiro atoms. The summed E-state index contributed by atoms with van der Waals surface area (Å²) in [7, 11) is -1.52. The largest absolute Gasteiger partial charge is 0.494 e. The molecule has 0 bridgehead atoms. The van der Waals surface area contributed by atoms with Gasteiger partial charge in [-0.2, -0.15) is 0 Å². The molecule has 2 aromatic rings. The molecule has 1 saturated heterocycles. The number of imidazole rings is 1. The molecule has 0 amide bonds. The maximum atomic E-state index is 13.7. The van der Waals surface area contributed by atoms with E-state index < -0.39 is 15.7 Å². The predicted molar refractivity (Wildman–Crippen MR) is 80.4 cm³/mol. The summed E-state index contributed by atoms with van der Waals surface area (Å²) in [5, 5.41) is 0. The fourth-order valence-corrected chi connectivity index (χ4v) is 4.90. The molecule has 5 nitrogen and oxygen atoms in total. The molecule has 1 N–H and O–H groups in total. The molecule has 1 aliphatic rings. The Bertz CT molecular complexity index is 854. The van der Waals surface area contributed by atoms with Crippen LogP contribution in [0.4, 0.5) is 4.39 Å². The van der Waals surface area contributed by atoms with Crippen molar-refractivity contribution in [3.05, 3.63) is 22.7 Å². The Morgan fingerprint density at radius 3 is 2.90 bits per heavy atom. The van der Waals surface area contributed by atoms with Crippen LogP contribution in [0.2, 0.25) is 0 Å². The van der Waals surface area contributed by atoms with Crippen LogP contribution in [0.3, 0.4) is 0 Å². The van der Waals surface area contributed by atoms with Gasteiger partial charge in [0.1, 0.15) is 0 Å². The van der Waals surface area contributed by atoms with Crippen LogP contribution in [0, 0.1) is 16.5 Å². The molecule has 1 unspecified atom stereocenters. The summed E-state index contributed by atoms with van der Waals surface area (Å²) < 4.78 is 44.1. The summed E-state index contributed by atoms with van der Waals surface area (Å²) in [6, 6.07) is 2.92. The number of nitrogens with one attached hydrogen (secondary N) is 1. The Labute approximate surface area is 126 Å². The van der Waals surface area contributed by atoms with Crippen molar-refractivity contribution in [1.82, 2.24) is 9.55 Å². The van der Waals surface area contributed by atoms with E-state index in [1.54, 1.807) is 6.07 Å². The van der Waals surface area contributed by atoms with Crippen molar-refractivity contribution in [2.75, 3.05) is 18.6 Å². The number of aromatic nitrogens is 2. The van der Waals surface area contributed by atoms with Gasteiger partial charge in [0.05, 0.1) is 29.6 Å². The zero-order valence-electron chi connectivity index (χ0n) is 11.4. The smallest absolute Gasteiger partial charge is 0.178 e. The highest BCUT2D eigenvalue weighted by Gasteiger charge is 2.28. The number of halogens is 1. The van der Waals surface area contributed by atoms with E-state index in [-0.39, 0.29) is 23.2 Å². The van der Waals surface area contributed by atoms with Gasteiger partial charge in [-0.3, -0.25) is 0 Å². The van der Waals surface area contributed by atoms with Crippen molar-refractivity contribution < 1.29 is 17.5 Å². The number of nitrogens with zero attached hydrogens (tertiary/aromatic N) is 1. The van der Waals surface area contributed by atoms with Gasteiger partial charge in [-0.05, 0) is 24.6 Å². The van der Waals surface area contributed by atoms with E-state index >= 15 is 0 Å². The van der Waals surface area contributed by atoms with Crippen molar-refractivity contribution in [2.45, 2.75) is 13.0 Å². The maximum absolute atomic E-state index is 13.7. The Morgan fingerprint density at radius 2 is 2.29 bits per heavy atom. The second-order valence-corrected chi connectivity index (χ2v) is 7.93. The molecule has 1 aromatic heterocycles. The quantitative estimate of drug-likeness (QED) is 0.877. The summed E-state index contributed by atoms with van der Waals surface area (Å²) in [6.45, 7) is 0.507. The van der Waals surface area contributed by atoms with Gasteiger partial charge in [-0.15, -0.1) is 0 Å². The lowest BCUT2D eigenvalue weighted by Gasteiger charge is -2.10. The van der Waals surface area contributed by atoms with Crippen LogP contribution >= 0.6 is 12.2 Å². The zero-order chi connectivity index (χ0) is 15.2. The molecule has 21 heavy (non-hydrogen) atoms. The fourth-order valence-electron chi connectivity index (χ4n) is 2.77. The van der Waals surface area contributed by atoms with E-state index in [1.165, 1.54) is 13.2 Å². The second-order valence-electron chi connectivity index (χ2n) is 5.31. The van der Waals surface area contributed by atoms with E-state index in [2.05, 4.69) is 4.98 Å². The highest BCUT2D eigenvalue weighted by molar-refractivity contribution is 7.91. The Hall–Kier alpha value is -1.41. The minimum Gasteiger partial charge on any atom is -0.494 e. The van der Waals surface area contributed by atoms with E-state index in [1.807, 2.05) is 4.57 Å². The summed E-state index contributed by atoms with van der Waals surface area (Å²) in [5.41, 5.74) is 1.31. The summed E-state index contributed by atoms with van der Waals surface area (Å²) in [4.78, 5) is 2.95. The Kier molecular flexibility index (Phi) is 3.53. The van der Waals surface area contributed by atoms with Crippen LogP contribution in [-0.4, -0.2) is 36.6 Å². The standard InChI is InChI=1S/C13H15FN2O3S2/c1-19-12-5-11-10(4-9(12)14)15-13(20)16(11)6-8-2-3-21(17,18)7-8/h4-5,8H,2-3,6-7H2,1H3,(H,15,20). The molecule has 0 saturated carbocycles. The number of methoxy groups -OCH3 is 1. The van der Waals surface area contributed by atoms with Crippen LogP contribution in [0.15, 0.2) is 12.1 Å². The molecule has 1 aromatic carbocycles. The number of H-pyrrole nitrogens is 1. The van der Waals surface area contributed by atoms with Crippen LogP contribution in [0.1, 0.15) is 6.42 Å². The molecule has 2 heterocycles. The van der Waals surface area contributed by atoms with Crippen LogP contribution < -0.4 is 4.74 Å². The highest BCUT2D eigenvalue weighted by atomic mass is 32.2. The normalized spacial score (nSPS) is 21.0. The number of rotatable bonds is 3. The van der Waals surface area contributed by atoms with Gasteiger partial charge in [0, 0.05) is 18.7 Å². The van der Waals surface area contributed by atoms with Crippen molar-refractivity contribution >= 4 is 33.1 Å². The minimum absolute atomic E-state index is 0.0387. The van der Waals surface area contributed by atoms with Crippen LogP contribution in [0.25, 0.3) is 11.0 Å². The first-order valence-electron chi connectivity index (χ1n) is 6.56. The molecule has 1 aliphatic heterocycles. The van der Waals surface area contributed by atoms with Crippen molar-refractivity contribution in [3.63, 3.8) is 0 Å². The van der Waals surface area contributed by atoms with Gasteiger partial charge in [0.15, 0.2) is 26.2 Å². The Balaban J connectivity index is 2.02. The molecular formula is C13H15FN2O3S2. The molecule has 0 aliphatic carbocycles. The molecule has 1 atom stereocenters. The molecular weight excluding hydrogens is 315 g/mol. The lowest BCUT2D eigenvalue weighted by atomic mass is 10.1. The van der Waals surface area contributed by atoms with E-state index in [0.29, 0.717) is 23.3 Å². The third kappa shape index (κ3) is 2.69. The van der Waals surface area contributed by atoms with E-state index in [9.17, 15) is 12.8 Å². The Morgan fingerprint density at radius 1 is 1.52 bits per heavy atom. The monoisotopic (exact) mass is 330 g/mol. The van der Waals surface area contributed by atoms with Crippen LogP contribution in [-0.2, 0) is 16.4 Å². The maximum Gasteiger partial charge on any atom is 0.178 e. The first-order valence-corrected chi connectivity index (χ1v) is 8.79.